The lowest BCUT2D eigenvalue weighted by Gasteiger charge is -2.03. The molecule has 0 aliphatic rings. The summed E-state index contributed by atoms with van der Waals surface area (Å²) in [5, 5.41) is 0. The molecule has 0 aromatic carbocycles. The Morgan fingerprint density at radius 1 is 1.00 bits per heavy atom. The van der Waals surface area contributed by atoms with Crippen molar-refractivity contribution in [3.8, 4) is 0 Å². The summed E-state index contributed by atoms with van der Waals surface area (Å²) in [6.07, 6.45) is 7.27. The number of hydrogen-bond acceptors (Lipinski definition) is 3. The van der Waals surface area contributed by atoms with Crippen molar-refractivity contribution in [1.29, 1.82) is 0 Å². The number of unbranched alkanes of at least 4 members (excludes halogenated alkanes) is 2. The van der Waals surface area contributed by atoms with Gasteiger partial charge in [-0.1, -0.05) is 38.8 Å². The minimum absolute atomic E-state index is 0.474. The summed E-state index contributed by atoms with van der Waals surface area (Å²) in [4.78, 5) is 23.0. The minimum atomic E-state index is -0.555. The predicted molar refractivity (Wildman–Crippen MR) is 68.4 cm³/mol. The molecule has 0 aliphatic heterocycles. The van der Waals surface area contributed by atoms with Gasteiger partial charge in [-0.05, 0) is 26.7 Å². The van der Waals surface area contributed by atoms with Crippen molar-refractivity contribution in [1.82, 2.24) is 0 Å². The van der Waals surface area contributed by atoms with Crippen LogP contribution in [0.4, 0.5) is 0 Å². The molecule has 0 aliphatic carbocycles. The average molecular weight is 238 g/mol. The van der Waals surface area contributed by atoms with Gasteiger partial charge in [0.05, 0.1) is 0 Å². The molecule has 0 saturated carbocycles. The van der Waals surface area contributed by atoms with E-state index in [0.717, 1.165) is 25.7 Å². The van der Waals surface area contributed by atoms with Crippen LogP contribution >= 0.6 is 0 Å². The fourth-order valence-corrected chi connectivity index (χ4v) is 1.24. The van der Waals surface area contributed by atoms with Crippen molar-refractivity contribution < 1.29 is 14.3 Å². The maximum atomic E-state index is 11.5. The Balaban J connectivity index is 4.30. The van der Waals surface area contributed by atoms with E-state index in [1.807, 2.05) is 13.0 Å². The molecule has 0 aromatic heterocycles. The lowest BCUT2D eigenvalue weighted by Crippen LogP contribution is -2.14. The molecule has 0 amide bonds. The summed E-state index contributed by atoms with van der Waals surface area (Å²) in [5.41, 5.74) is 0.971. The van der Waals surface area contributed by atoms with Crippen LogP contribution in [-0.4, -0.2) is 11.9 Å². The topological polar surface area (TPSA) is 43.4 Å². The lowest BCUT2D eigenvalue weighted by molar-refractivity contribution is -0.153. The van der Waals surface area contributed by atoms with Crippen LogP contribution in [0.15, 0.2) is 23.3 Å². The maximum absolute atomic E-state index is 11.5. The van der Waals surface area contributed by atoms with Gasteiger partial charge in [-0.25, -0.2) is 9.59 Å². The quantitative estimate of drug-likeness (QED) is 0.307. The summed E-state index contributed by atoms with van der Waals surface area (Å²) in [6, 6.07) is 0. The largest absolute Gasteiger partial charge is 0.386 e. The number of esters is 2. The first-order valence-corrected chi connectivity index (χ1v) is 6.12. The van der Waals surface area contributed by atoms with Gasteiger partial charge in [0, 0.05) is 11.1 Å². The highest BCUT2D eigenvalue weighted by atomic mass is 16.6. The third-order valence-electron chi connectivity index (χ3n) is 2.35. The number of carbonyl (C=O) groups is 2. The lowest BCUT2D eigenvalue weighted by atomic mass is 10.2. The van der Waals surface area contributed by atoms with E-state index < -0.39 is 11.9 Å². The number of ether oxygens (including phenoxy) is 1. The van der Waals surface area contributed by atoms with E-state index in [9.17, 15) is 9.59 Å². The molecule has 0 radical (unpaired) electrons. The van der Waals surface area contributed by atoms with E-state index in [1.165, 1.54) is 0 Å². The van der Waals surface area contributed by atoms with Crippen molar-refractivity contribution in [3.05, 3.63) is 23.3 Å². The summed E-state index contributed by atoms with van der Waals surface area (Å²) < 4.78 is 4.74. The van der Waals surface area contributed by atoms with E-state index in [-0.39, 0.29) is 0 Å². The van der Waals surface area contributed by atoms with Crippen LogP contribution in [-0.2, 0) is 14.3 Å². The average Bonchev–Trinajstić information content (AvgIpc) is 2.29. The van der Waals surface area contributed by atoms with Crippen molar-refractivity contribution >= 4 is 11.9 Å². The van der Waals surface area contributed by atoms with E-state index >= 15 is 0 Å². The molecular weight excluding hydrogens is 216 g/mol. The molecule has 0 aromatic rings. The molecule has 3 heteroatoms. The van der Waals surface area contributed by atoms with Gasteiger partial charge in [-0.3, -0.25) is 0 Å². The van der Waals surface area contributed by atoms with Crippen molar-refractivity contribution in [2.75, 3.05) is 0 Å². The van der Waals surface area contributed by atoms with Crippen LogP contribution in [0, 0.1) is 0 Å². The Morgan fingerprint density at radius 2 is 1.53 bits per heavy atom. The summed E-state index contributed by atoms with van der Waals surface area (Å²) >= 11 is 0. The van der Waals surface area contributed by atoms with Crippen molar-refractivity contribution in [2.45, 2.75) is 53.4 Å². The Hall–Kier alpha value is -1.38. The molecule has 0 N–H and O–H groups in total. The van der Waals surface area contributed by atoms with Gasteiger partial charge in [0.25, 0.3) is 0 Å². The van der Waals surface area contributed by atoms with Crippen LogP contribution in [0.2, 0.25) is 0 Å². The van der Waals surface area contributed by atoms with Gasteiger partial charge in [-0.2, -0.15) is 0 Å². The normalized spacial score (nSPS) is 12.5. The highest BCUT2D eigenvalue weighted by molar-refractivity contribution is 6.01. The number of carbonyl (C=O) groups excluding carboxylic acids is 2. The first-order chi connectivity index (χ1) is 8.02. The Labute approximate surface area is 104 Å². The molecule has 0 spiro atoms. The van der Waals surface area contributed by atoms with Crippen molar-refractivity contribution in [2.24, 2.45) is 0 Å². The predicted octanol–water partition coefficient (Wildman–Crippen LogP) is 3.55. The first-order valence-electron chi connectivity index (χ1n) is 6.12. The summed E-state index contributed by atoms with van der Waals surface area (Å²) in [6.45, 7) is 7.33. The molecule has 96 valence electrons. The molecule has 0 fully saturated rings. The van der Waals surface area contributed by atoms with Gasteiger partial charge in [0.2, 0.25) is 0 Å². The Kier molecular flexibility index (Phi) is 8.03. The van der Waals surface area contributed by atoms with Crippen LogP contribution in [0.1, 0.15) is 53.4 Å². The second-order valence-electron chi connectivity index (χ2n) is 4.00. The zero-order valence-electron chi connectivity index (χ0n) is 11.2. The van der Waals surface area contributed by atoms with Crippen LogP contribution in [0.25, 0.3) is 0 Å². The summed E-state index contributed by atoms with van der Waals surface area (Å²) in [7, 11) is 0. The molecule has 0 rings (SSSR count). The zero-order valence-corrected chi connectivity index (χ0v) is 11.2. The van der Waals surface area contributed by atoms with Crippen LogP contribution in [0.5, 0.6) is 0 Å². The number of allylic oxidation sites excluding steroid dienone is 2. The van der Waals surface area contributed by atoms with E-state index in [0.29, 0.717) is 11.1 Å². The second-order valence-corrected chi connectivity index (χ2v) is 4.00. The van der Waals surface area contributed by atoms with Gasteiger partial charge in [0.15, 0.2) is 0 Å². The standard InChI is InChI=1S/C14H22O3/c1-5-7-8-10-12(4)14(16)17-13(15)11(3)9-6-2/h9-10H,5-8H2,1-4H3. The highest BCUT2D eigenvalue weighted by Gasteiger charge is 2.13. The summed E-state index contributed by atoms with van der Waals surface area (Å²) in [5.74, 6) is -1.10. The fourth-order valence-electron chi connectivity index (χ4n) is 1.24. The van der Waals surface area contributed by atoms with E-state index in [2.05, 4.69) is 6.92 Å². The van der Waals surface area contributed by atoms with E-state index in [1.54, 1.807) is 19.9 Å². The minimum Gasteiger partial charge on any atom is -0.386 e. The number of hydrogen-bond donors (Lipinski definition) is 0. The van der Waals surface area contributed by atoms with Gasteiger partial charge in [-0.15, -0.1) is 0 Å². The molecule has 0 unspecified atom stereocenters. The van der Waals surface area contributed by atoms with Gasteiger partial charge >= 0.3 is 11.9 Å². The maximum Gasteiger partial charge on any atom is 0.341 e. The third kappa shape index (κ3) is 6.72. The molecule has 17 heavy (non-hydrogen) atoms. The van der Waals surface area contributed by atoms with Gasteiger partial charge in [0.1, 0.15) is 0 Å². The van der Waals surface area contributed by atoms with Crippen LogP contribution < -0.4 is 0 Å². The molecule has 0 heterocycles. The Bertz CT molecular complexity index is 324. The first kappa shape index (κ1) is 15.6. The molecule has 0 atom stereocenters. The third-order valence-corrected chi connectivity index (χ3v) is 2.35. The molecule has 3 nitrogen and oxygen atoms in total. The Morgan fingerprint density at radius 3 is 2.00 bits per heavy atom. The SMILES string of the molecule is CCC=C(C)C(=O)OC(=O)C(C)=CCCCC. The molecule has 0 saturated heterocycles. The van der Waals surface area contributed by atoms with Crippen molar-refractivity contribution in [3.63, 3.8) is 0 Å². The highest BCUT2D eigenvalue weighted by Crippen LogP contribution is 2.05. The molecular formula is C14H22O3. The molecule has 0 bridgehead atoms. The fraction of sp³-hybridized carbons (Fsp3) is 0.571. The zero-order chi connectivity index (χ0) is 13.3. The second kappa shape index (κ2) is 8.74. The smallest absolute Gasteiger partial charge is 0.341 e. The number of rotatable bonds is 6. The van der Waals surface area contributed by atoms with Gasteiger partial charge < -0.3 is 4.74 Å². The monoisotopic (exact) mass is 238 g/mol. The van der Waals surface area contributed by atoms with Crippen LogP contribution in [0.3, 0.4) is 0 Å². The van der Waals surface area contributed by atoms with E-state index in [4.69, 9.17) is 4.74 Å².